The van der Waals surface area contributed by atoms with Crippen LogP contribution in [0.2, 0.25) is 0 Å². The molecule has 4 heteroatoms. The second kappa shape index (κ2) is 4.15. The van der Waals surface area contributed by atoms with Gasteiger partial charge >= 0.3 is 5.97 Å². The molecule has 1 aromatic carbocycles. The van der Waals surface area contributed by atoms with Gasteiger partial charge in [0.2, 0.25) is 0 Å². The molecule has 1 aliphatic carbocycles. The van der Waals surface area contributed by atoms with E-state index in [9.17, 15) is 4.79 Å². The minimum atomic E-state index is -0.823. The van der Waals surface area contributed by atoms with E-state index in [1.54, 1.807) is 6.92 Å². The van der Waals surface area contributed by atoms with Gasteiger partial charge in [0.1, 0.15) is 0 Å². The average Bonchev–Trinajstić information content (AvgIpc) is 3.16. The van der Waals surface area contributed by atoms with Crippen molar-refractivity contribution in [3.8, 4) is 11.5 Å². The van der Waals surface area contributed by atoms with Crippen LogP contribution in [0.25, 0.3) is 0 Å². The molecule has 4 nitrogen and oxygen atoms in total. The largest absolute Gasteiger partial charge is 0.489 e. The van der Waals surface area contributed by atoms with Crippen molar-refractivity contribution in [3.63, 3.8) is 0 Å². The highest BCUT2D eigenvalue weighted by molar-refractivity contribution is 5.76. The molecule has 1 fully saturated rings. The lowest BCUT2D eigenvalue weighted by Crippen LogP contribution is -2.17. The van der Waals surface area contributed by atoms with Gasteiger partial charge in [-0.2, -0.15) is 0 Å². The van der Waals surface area contributed by atoms with Crippen molar-refractivity contribution in [2.45, 2.75) is 32.6 Å². The third-order valence-corrected chi connectivity index (χ3v) is 4.19. The van der Waals surface area contributed by atoms with Crippen molar-refractivity contribution in [2.24, 2.45) is 5.41 Å². The molecule has 1 heterocycles. The Morgan fingerprint density at radius 2 is 1.84 bits per heavy atom. The predicted molar refractivity (Wildman–Crippen MR) is 69.9 cm³/mol. The summed E-state index contributed by atoms with van der Waals surface area (Å²) in [5, 5.41) is 9.14. The third kappa shape index (κ3) is 2.15. The molecule has 1 N–H and O–H groups in total. The first-order valence-corrected chi connectivity index (χ1v) is 6.64. The van der Waals surface area contributed by atoms with Gasteiger partial charge in [-0.15, -0.1) is 0 Å². The third-order valence-electron chi connectivity index (χ3n) is 4.19. The standard InChI is InChI=1S/C15H18O4/c1-9-5-12-13(6-11(9)10(2)14(16)17)19-8-15(3-4-15)7-18-12/h5-6,10H,3-4,7-8H2,1-2H3,(H,16,17). The van der Waals surface area contributed by atoms with Gasteiger partial charge in [-0.25, -0.2) is 0 Å². The SMILES string of the molecule is Cc1cc2c(cc1C(C)C(=O)O)OCC1(CC1)CO2. The van der Waals surface area contributed by atoms with Gasteiger partial charge in [0.25, 0.3) is 0 Å². The number of fused-ring (bicyclic) bond motifs is 1. The number of rotatable bonds is 2. The molecular weight excluding hydrogens is 244 g/mol. The highest BCUT2D eigenvalue weighted by atomic mass is 16.5. The Kier molecular flexibility index (Phi) is 2.69. The first kappa shape index (κ1) is 12.3. The molecular formula is C15H18O4. The quantitative estimate of drug-likeness (QED) is 0.890. The molecule has 1 spiro atoms. The first-order chi connectivity index (χ1) is 9.01. The summed E-state index contributed by atoms with van der Waals surface area (Å²) < 4.78 is 11.7. The maximum Gasteiger partial charge on any atom is 0.310 e. The molecule has 1 aromatic rings. The van der Waals surface area contributed by atoms with Gasteiger partial charge < -0.3 is 14.6 Å². The Labute approximate surface area is 112 Å². The number of carboxylic acids is 1. The van der Waals surface area contributed by atoms with Crippen LogP contribution in [0.3, 0.4) is 0 Å². The van der Waals surface area contributed by atoms with E-state index >= 15 is 0 Å². The summed E-state index contributed by atoms with van der Waals surface area (Å²) in [5.74, 6) is 0.0587. The number of aliphatic carboxylic acids is 1. The summed E-state index contributed by atoms with van der Waals surface area (Å²) in [4.78, 5) is 11.1. The Hall–Kier alpha value is -1.71. The topological polar surface area (TPSA) is 55.8 Å². The molecule has 0 bridgehead atoms. The summed E-state index contributed by atoms with van der Waals surface area (Å²) in [6.07, 6.45) is 2.30. The van der Waals surface area contributed by atoms with Gasteiger partial charge in [-0.3, -0.25) is 4.79 Å². The average molecular weight is 262 g/mol. The summed E-state index contributed by atoms with van der Waals surface area (Å²) in [6.45, 7) is 4.98. The number of hydrogen-bond acceptors (Lipinski definition) is 3. The molecule has 2 aliphatic rings. The van der Waals surface area contributed by atoms with Crippen LogP contribution in [0.15, 0.2) is 12.1 Å². The zero-order valence-electron chi connectivity index (χ0n) is 11.2. The molecule has 102 valence electrons. The van der Waals surface area contributed by atoms with E-state index in [0.717, 1.165) is 29.7 Å². The Bertz CT molecular complexity index is 531. The zero-order chi connectivity index (χ0) is 13.6. The molecule has 0 radical (unpaired) electrons. The summed E-state index contributed by atoms with van der Waals surface area (Å²) in [6, 6.07) is 3.72. The lowest BCUT2D eigenvalue weighted by molar-refractivity contribution is -0.138. The summed E-state index contributed by atoms with van der Waals surface area (Å²) in [7, 11) is 0. The van der Waals surface area contributed by atoms with Crippen LogP contribution in [0.1, 0.15) is 36.8 Å². The normalized spacial score (nSPS) is 20.7. The molecule has 0 aromatic heterocycles. The Morgan fingerprint density at radius 1 is 1.26 bits per heavy atom. The monoisotopic (exact) mass is 262 g/mol. The number of benzene rings is 1. The van der Waals surface area contributed by atoms with Crippen molar-refractivity contribution in [1.29, 1.82) is 0 Å². The highest BCUT2D eigenvalue weighted by Crippen LogP contribution is 2.49. The summed E-state index contributed by atoms with van der Waals surface area (Å²) in [5.41, 5.74) is 1.93. The molecule has 0 saturated heterocycles. The van der Waals surface area contributed by atoms with Crippen LogP contribution in [0.4, 0.5) is 0 Å². The van der Waals surface area contributed by atoms with Crippen LogP contribution in [-0.2, 0) is 4.79 Å². The van der Waals surface area contributed by atoms with E-state index < -0.39 is 11.9 Å². The molecule has 1 aliphatic heterocycles. The maximum absolute atomic E-state index is 11.1. The smallest absolute Gasteiger partial charge is 0.310 e. The van der Waals surface area contributed by atoms with Crippen molar-refractivity contribution in [3.05, 3.63) is 23.3 Å². The van der Waals surface area contributed by atoms with Crippen molar-refractivity contribution in [1.82, 2.24) is 0 Å². The number of aryl methyl sites for hydroxylation is 1. The van der Waals surface area contributed by atoms with E-state index in [-0.39, 0.29) is 5.41 Å². The van der Waals surface area contributed by atoms with Gasteiger partial charge in [0, 0.05) is 5.41 Å². The molecule has 3 rings (SSSR count). The van der Waals surface area contributed by atoms with Gasteiger partial charge in [0.05, 0.1) is 19.1 Å². The zero-order valence-corrected chi connectivity index (χ0v) is 11.2. The fourth-order valence-electron chi connectivity index (χ4n) is 2.47. The van der Waals surface area contributed by atoms with Crippen LogP contribution in [0, 0.1) is 12.3 Å². The molecule has 19 heavy (non-hydrogen) atoms. The maximum atomic E-state index is 11.1. The molecule has 1 atom stereocenters. The second-order valence-electron chi connectivity index (χ2n) is 5.79. The number of carbonyl (C=O) groups is 1. The van der Waals surface area contributed by atoms with Crippen LogP contribution in [0.5, 0.6) is 11.5 Å². The fourth-order valence-corrected chi connectivity index (χ4v) is 2.47. The number of ether oxygens (including phenoxy) is 2. The summed E-state index contributed by atoms with van der Waals surface area (Å²) >= 11 is 0. The van der Waals surface area contributed by atoms with E-state index in [1.807, 2.05) is 19.1 Å². The van der Waals surface area contributed by atoms with E-state index in [2.05, 4.69) is 0 Å². The van der Waals surface area contributed by atoms with Gasteiger partial charge in [0.15, 0.2) is 11.5 Å². The first-order valence-electron chi connectivity index (χ1n) is 6.64. The lowest BCUT2D eigenvalue weighted by atomic mass is 9.96. The second-order valence-corrected chi connectivity index (χ2v) is 5.79. The van der Waals surface area contributed by atoms with Gasteiger partial charge in [-0.05, 0) is 49.9 Å². The van der Waals surface area contributed by atoms with E-state index in [0.29, 0.717) is 19.0 Å². The minimum Gasteiger partial charge on any atom is -0.489 e. The molecule has 1 unspecified atom stereocenters. The van der Waals surface area contributed by atoms with Crippen molar-refractivity contribution < 1.29 is 19.4 Å². The minimum absolute atomic E-state index is 0.200. The number of hydrogen-bond donors (Lipinski definition) is 1. The van der Waals surface area contributed by atoms with E-state index in [1.165, 1.54) is 0 Å². The van der Waals surface area contributed by atoms with Crippen LogP contribution < -0.4 is 9.47 Å². The van der Waals surface area contributed by atoms with E-state index in [4.69, 9.17) is 14.6 Å². The highest BCUT2D eigenvalue weighted by Gasteiger charge is 2.46. The van der Waals surface area contributed by atoms with Crippen molar-refractivity contribution in [2.75, 3.05) is 13.2 Å². The fraction of sp³-hybridized carbons (Fsp3) is 0.533. The lowest BCUT2D eigenvalue weighted by Gasteiger charge is -2.14. The van der Waals surface area contributed by atoms with Crippen LogP contribution in [-0.4, -0.2) is 24.3 Å². The molecule has 0 amide bonds. The number of carboxylic acid groups (broad SMARTS) is 1. The molecule has 1 saturated carbocycles. The van der Waals surface area contributed by atoms with Crippen LogP contribution >= 0.6 is 0 Å². The van der Waals surface area contributed by atoms with Gasteiger partial charge in [-0.1, -0.05) is 0 Å². The predicted octanol–water partition coefficient (Wildman–Crippen LogP) is 2.73. The Balaban J connectivity index is 1.94. The van der Waals surface area contributed by atoms with Crippen molar-refractivity contribution >= 4 is 5.97 Å². The Morgan fingerprint density at radius 3 is 2.37 bits per heavy atom.